The van der Waals surface area contributed by atoms with E-state index in [4.69, 9.17) is 9.47 Å². The molecule has 25 heavy (non-hydrogen) atoms. The number of benzene rings is 2. The van der Waals surface area contributed by atoms with E-state index in [0.717, 1.165) is 46.8 Å². The lowest BCUT2D eigenvalue weighted by atomic mass is 10.2. The van der Waals surface area contributed by atoms with Gasteiger partial charge in [0, 0.05) is 12.2 Å². The fourth-order valence-corrected chi connectivity index (χ4v) is 3.70. The minimum Gasteiger partial charge on any atom is -0.454 e. The van der Waals surface area contributed by atoms with Crippen LogP contribution in [0.15, 0.2) is 53.7 Å². The first kappa shape index (κ1) is 16.0. The van der Waals surface area contributed by atoms with Gasteiger partial charge < -0.3 is 14.0 Å². The highest BCUT2D eigenvalue weighted by atomic mass is 32.2. The second-order valence-corrected chi connectivity index (χ2v) is 6.74. The summed E-state index contributed by atoms with van der Waals surface area (Å²) in [7, 11) is 0. The molecule has 0 aliphatic carbocycles. The van der Waals surface area contributed by atoms with E-state index in [9.17, 15) is 0 Å². The second-order valence-electron chi connectivity index (χ2n) is 5.80. The Labute approximate surface area is 151 Å². The van der Waals surface area contributed by atoms with Crippen LogP contribution in [0.1, 0.15) is 23.9 Å². The fourth-order valence-electron chi connectivity index (χ4n) is 2.79. The number of nitrogens with zero attached hydrogens (tertiary/aromatic N) is 3. The summed E-state index contributed by atoms with van der Waals surface area (Å²) in [6.07, 6.45) is 0.851. The topological polar surface area (TPSA) is 49.2 Å². The van der Waals surface area contributed by atoms with Gasteiger partial charge >= 0.3 is 0 Å². The number of fused-ring (bicyclic) bond motifs is 1. The van der Waals surface area contributed by atoms with Crippen LogP contribution in [0.25, 0.3) is 0 Å². The number of aromatic nitrogens is 3. The second kappa shape index (κ2) is 7.19. The molecule has 6 heteroatoms. The van der Waals surface area contributed by atoms with Crippen LogP contribution in [0.4, 0.5) is 0 Å². The number of thioether (sulfide) groups is 1. The SMILES string of the molecule is CCc1nnc(SCc2ccccc2)n1Cc1ccc2c(c1)OCO2. The highest BCUT2D eigenvalue weighted by molar-refractivity contribution is 7.98. The molecule has 0 amide bonds. The van der Waals surface area contributed by atoms with Crippen molar-refractivity contribution in [2.24, 2.45) is 0 Å². The Morgan fingerprint density at radius 1 is 1.00 bits per heavy atom. The van der Waals surface area contributed by atoms with Crippen LogP contribution in [0, 0.1) is 0 Å². The summed E-state index contributed by atoms with van der Waals surface area (Å²) in [5.41, 5.74) is 2.43. The Morgan fingerprint density at radius 3 is 2.68 bits per heavy atom. The van der Waals surface area contributed by atoms with Crippen LogP contribution in [-0.4, -0.2) is 21.6 Å². The van der Waals surface area contributed by atoms with Gasteiger partial charge in [-0.15, -0.1) is 10.2 Å². The maximum absolute atomic E-state index is 5.48. The molecule has 0 N–H and O–H groups in total. The number of hydrogen-bond acceptors (Lipinski definition) is 5. The van der Waals surface area contributed by atoms with E-state index >= 15 is 0 Å². The van der Waals surface area contributed by atoms with E-state index in [1.54, 1.807) is 11.8 Å². The Bertz CT molecular complexity index is 864. The van der Waals surface area contributed by atoms with E-state index in [1.807, 2.05) is 18.2 Å². The molecule has 5 nitrogen and oxygen atoms in total. The van der Waals surface area contributed by atoms with Gasteiger partial charge in [-0.05, 0) is 23.3 Å². The molecular formula is C19H19N3O2S. The van der Waals surface area contributed by atoms with E-state index in [1.165, 1.54) is 5.56 Å². The highest BCUT2D eigenvalue weighted by Gasteiger charge is 2.16. The van der Waals surface area contributed by atoms with Crippen molar-refractivity contribution >= 4 is 11.8 Å². The van der Waals surface area contributed by atoms with Gasteiger partial charge in [-0.1, -0.05) is 55.1 Å². The van der Waals surface area contributed by atoms with Gasteiger partial charge in [0.15, 0.2) is 16.7 Å². The molecule has 1 aromatic heterocycles. The Hall–Kier alpha value is -2.47. The Balaban J connectivity index is 1.55. The summed E-state index contributed by atoms with van der Waals surface area (Å²) < 4.78 is 13.1. The van der Waals surface area contributed by atoms with E-state index < -0.39 is 0 Å². The maximum Gasteiger partial charge on any atom is 0.231 e. The number of hydrogen-bond donors (Lipinski definition) is 0. The lowest BCUT2D eigenvalue weighted by Gasteiger charge is -2.10. The van der Waals surface area contributed by atoms with Crippen LogP contribution in [0.3, 0.4) is 0 Å². The summed E-state index contributed by atoms with van der Waals surface area (Å²) in [6.45, 7) is 3.12. The molecule has 0 saturated heterocycles. The first-order valence-electron chi connectivity index (χ1n) is 8.31. The van der Waals surface area contributed by atoms with Gasteiger partial charge in [-0.3, -0.25) is 0 Å². The smallest absolute Gasteiger partial charge is 0.231 e. The van der Waals surface area contributed by atoms with E-state index in [2.05, 4.69) is 52.0 Å². The van der Waals surface area contributed by atoms with Crippen LogP contribution in [-0.2, 0) is 18.7 Å². The van der Waals surface area contributed by atoms with Gasteiger partial charge in [0.25, 0.3) is 0 Å². The molecule has 1 aliphatic heterocycles. The first-order chi connectivity index (χ1) is 12.3. The average Bonchev–Trinajstić information content (AvgIpc) is 3.27. The van der Waals surface area contributed by atoms with Crippen LogP contribution < -0.4 is 9.47 Å². The lowest BCUT2D eigenvalue weighted by Crippen LogP contribution is -2.06. The zero-order chi connectivity index (χ0) is 17.1. The molecule has 2 heterocycles. The van der Waals surface area contributed by atoms with Crippen molar-refractivity contribution in [1.82, 2.24) is 14.8 Å². The minimum atomic E-state index is 0.295. The van der Waals surface area contributed by atoms with Crippen molar-refractivity contribution in [1.29, 1.82) is 0 Å². The molecule has 0 atom stereocenters. The molecule has 4 rings (SSSR count). The zero-order valence-corrected chi connectivity index (χ0v) is 14.8. The monoisotopic (exact) mass is 353 g/mol. The first-order valence-corrected chi connectivity index (χ1v) is 9.29. The zero-order valence-electron chi connectivity index (χ0n) is 14.0. The lowest BCUT2D eigenvalue weighted by molar-refractivity contribution is 0.174. The number of rotatable bonds is 6. The maximum atomic E-state index is 5.48. The molecular weight excluding hydrogens is 334 g/mol. The fraction of sp³-hybridized carbons (Fsp3) is 0.263. The van der Waals surface area contributed by atoms with Crippen molar-refractivity contribution < 1.29 is 9.47 Å². The van der Waals surface area contributed by atoms with Crippen LogP contribution >= 0.6 is 11.8 Å². The van der Waals surface area contributed by atoms with E-state index in [0.29, 0.717) is 6.79 Å². The standard InChI is InChI=1S/C19H19N3O2S/c1-2-18-20-21-19(25-12-14-6-4-3-5-7-14)22(18)11-15-8-9-16-17(10-15)24-13-23-16/h3-10H,2,11-13H2,1H3. The number of ether oxygens (including phenoxy) is 2. The molecule has 0 radical (unpaired) electrons. The summed E-state index contributed by atoms with van der Waals surface area (Å²) in [5, 5.41) is 9.69. The largest absolute Gasteiger partial charge is 0.454 e. The molecule has 1 aliphatic rings. The molecule has 0 bridgehead atoms. The van der Waals surface area contributed by atoms with Crippen molar-refractivity contribution in [3.8, 4) is 11.5 Å². The predicted octanol–water partition coefficient (Wildman–Crippen LogP) is 3.91. The van der Waals surface area contributed by atoms with Gasteiger partial charge in [0.2, 0.25) is 6.79 Å². The van der Waals surface area contributed by atoms with E-state index in [-0.39, 0.29) is 0 Å². The van der Waals surface area contributed by atoms with Crippen molar-refractivity contribution in [3.05, 3.63) is 65.5 Å². The van der Waals surface area contributed by atoms with Crippen molar-refractivity contribution in [2.45, 2.75) is 30.8 Å². The molecule has 2 aromatic carbocycles. The normalized spacial score (nSPS) is 12.5. The van der Waals surface area contributed by atoms with Crippen molar-refractivity contribution in [3.63, 3.8) is 0 Å². The van der Waals surface area contributed by atoms with Gasteiger partial charge in [-0.25, -0.2) is 0 Å². The van der Waals surface area contributed by atoms with Gasteiger partial charge in [-0.2, -0.15) is 0 Å². The average molecular weight is 353 g/mol. The minimum absolute atomic E-state index is 0.295. The van der Waals surface area contributed by atoms with Crippen LogP contribution in [0.5, 0.6) is 11.5 Å². The quantitative estimate of drug-likeness (QED) is 0.629. The Kier molecular flexibility index (Phi) is 4.61. The third kappa shape index (κ3) is 3.49. The van der Waals surface area contributed by atoms with Crippen LogP contribution in [0.2, 0.25) is 0 Å². The predicted molar refractivity (Wildman–Crippen MR) is 97.1 cm³/mol. The third-order valence-corrected chi connectivity index (χ3v) is 5.14. The number of aryl methyl sites for hydroxylation is 1. The molecule has 0 fully saturated rings. The van der Waals surface area contributed by atoms with Gasteiger partial charge in [0.05, 0.1) is 6.54 Å². The third-order valence-electron chi connectivity index (χ3n) is 4.10. The Morgan fingerprint density at radius 2 is 1.84 bits per heavy atom. The molecule has 3 aromatic rings. The summed E-state index contributed by atoms with van der Waals surface area (Å²) >= 11 is 1.71. The summed E-state index contributed by atoms with van der Waals surface area (Å²) in [5.74, 6) is 3.49. The molecule has 128 valence electrons. The summed E-state index contributed by atoms with van der Waals surface area (Å²) in [6, 6.07) is 16.5. The van der Waals surface area contributed by atoms with Gasteiger partial charge in [0.1, 0.15) is 5.82 Å². The molecule has 0 saturated carbocycles. The molecule has 0 spiro atoms. The highest BCUT2D eigenvalue weighted by Crippen LogP contribution is 2.33. The van der Waals surface area contributed by atoms with Crippen molar-refractivity contribution in [2.75, 3.05) is 6.79 Å². The molecule has 0 unspecified atom stereocenters. The summed E-state index contributed by atoms with van der Waals surface area (Å²) in [4.78, 5) is 0.